The third-order valence-electron chi connectivity index (χ3n) is 6.12. The summed E-state index contributed by atoms with van der Waals surface area (Å²) in [6.45, 7) is -0.577. The minimum absolute atomic E-state index is 0.0932. The van der Waals surface area contributed by atoms with Crippen LogP contribution in [0.1, 0.15) is 17.5 Å². The molecular weight excluding hydrogens is 522 g/mol. The normalized spacial score (nSPS) is 13.3. The number of H-pyrrole nitrogens is 1. The van der Waals surface area contributed by atoms with Crippen molar-refractivity contribution in [1.82, 2.24) is 20.9 Å². The lowest BCUT2D eigenvalue weighted by Gasteiger charge is -2.24. The molecule has 3 atom stereocenters. The second-order valence-electron chi connectivity index (χ2n) is 9.06. The van der Waals surface area contributed by atoms with Gasteiger partial charge in [0.1, 0.15) is 24.4 Å². The number of benzene rings is 2. The zero-order valence-corrected chi connectivity index (χ0v) is 22.3. The molecule has 0 fully saturated rings. The van der Waals surface area contributed by atoms with Gasteiger partial charge in [0.2, 0.25) is 17.7 Å². The Morgan fingerprint density at radius 2 is 1.64 bits per heavy atom. The quantitative estimate of drug-likeness (QED) is 0.153. The van der Waals surface area contributed by atoms with Crippen molar-refractivity contribution in [2.75, 3.05) is 18.6 Å². The van der Waals surface area contributed by atoms with Gasteiger partial charge in [-0.15, -0.1) is 0 Å². The van der Waals surface area contributed by atoms with Crippen LogP contribution in [0.15, 0.2) is 54.7 Å². The zero-order chi connectivity index (χ0) is 28.4. The number of carbonyl (C=O) groups excluding carboxylic acids is 3. The molecule has 0 aliphatic carbocycles. The average molecular weight is 556 g/mol. The molecule has 11 nitrogen and oxygen atoms in total. The minimum Gasteiger partial charge on any atom is -0.508 e. The lowest BCUT2D eigenvalue weighted by atomic mass is 10.0. The van der Waals surface area contributed by atoms with Crippen LogP contribution in [0.25, 0.3) is 10.9 Å². The molecule has 2 aromatic carbocycles. The Hall–Kier alpha value is -4.03. The highest BCUT2D eigenvalue weighted by Crippen LogP contribution is 2.19. The van der Waals surface area contributed by atoms with Gasteiger partial charge in [0.15, 0.2) is 0 Å². The second-order valence-corrected chi connectivity index (χ2v) is 10.0. The summed E-state index contributed by atoms with van der Waals surface area (Å²) in [6, 6.07) is 10.8. The molecule has 3 unspecified atom stereocenters. The van der Waals surface area contributed by atoms with E-state index in [2.05, 4.69) is 20.9 Å². The first-order chi connectivity index (χ1) is 18.7. The number of phenols is 1. The van der Waals surface area contributed by atoms with Crippen LogP contribution in [-0.4, -0.2) is 75.6 Å². The van der Waals surface area contributed by atoms with Gasteiger partial charge >= 0.3 is 5.97 Å². The van der Waals surface area contributed by atoms with E-state index in [1.807, 2.05) is 30.5 Å². The number of aromatic amines is 1. The average Bonchev–Trinajstić information content (AvgIpc) is 3.33. The second kappa shape index (κ2) is 14.2. The first-order valence-corrected chi connectivity index (χ1v) is 13.7. The van der Waals surface area contributed by atoms with Gasteiger partial charge in [-0.1, -0.05) is 30.3 Å². The number of hydrogen-bond acceptors (Lipinski definition) is 7. The highest BCUT2D eigenvalue weighted by molar-refractivity contribution is 7.98. The predicted octanol–water partition coefficient (Wildman–Crippen LogP) is 0.910. The maximum atomic E-state index is 13.5. The fraction of sp³-hybridized carbons (Fsp3) is 0.333. The summed E-state index contributed by atoms with van der Waals surface area (Å²) in [5, 5.41) is 27.0. The standard InChI is InChI=1S/C27H33N5O6S/c1-39-11-10-22(26(37)30-15-24(34)35)31-27(38)23(13-17-14-29-21-5-3-2-4-19(17)21)32-25(36)20(28)12-16-6-8-18(33)9-7-16/h2-9,14,20,22-23,29,33H,10-13,15,28H2,1H3,(H,30,37)(H,31,38)(H,32,36)(H,34,35). The smallest absolute Gasteiger partial charge is 0.322 e. The van der Waals surface area contributed by atoms with Crippen molar-refractivity contribution in [3.63, 3.8) is 0 Å². The highest BCUT2D eigenvalue weighted by atomic mass is 32.2. The first kappa shape index (κ1) is 29.5. The van der Waals surface area contributed by atoms with Crippen molar-refractivity contribution in [3.05, 3.63) is 65.9 Å². The molecule has 0 saturated heterocycles. The summed E-state index contributed by atoms with van der Waals surface area (Å²) in [7, 11) is 0. The lowest BCUT2D eigenvalue weighted by Crippen LogP contribution is -2.57. The molecule has 0 bridgehead atoms. The van der Waals surface area contributed by atoms with Gasteiger partial charge in [0.25, 0.3) is 0 Å². The summed E-state index contributed by atoms with van der Waals surface area (Å²) < 4.78 is 0. The van der Waals surface area contributed by atoms with Gasteiger partial charge in [0, 0.05) is 23.5 Å². The number of aromatic hydroxyl groups is 1. The van der Waals surface area contributed by atoms with Crippen molar-refractivity contribution >= 4 is 46.4 Å². The Labute approximate surface area is 229 Å². The van der Waals surface area contributed by atoms with E-state index in [0.717, 1.165) is 22.0 Å². The number of rotatable bonds is 14. The Morgan fingerprint density at radius 1 is 0.949 bits per heavy atom. The molecule has 3 rings (SSSR count). The monoisotopic (exact) mass is 555 g/mol. The Morgan fingerprint density at radius 3 is 2.33 bits per heavy atom. The van der Waals surface area contributed by atoms with Crippen LogP contribution in [0.4, 0.5) is 0 Å². The van der Waals surface area contributed by atoms with Crippen LogP contribution in [0.2, 0.25) is 0 Å². The molecule has 0 aliphatic heterocycles. The van der Waals surface area contributed by atoms with Crippen LogP contribution in [0, 0.1) is 0 Å². The van der Waals surface area contributed by atoms with Gasteiger partial charge in [-0.05, 0) is 54.2 Å². The topological polar surface area (TPSA) is 187 Å². The molecule has 8 N–H and O–H groups in total. The molecule has 208 valence electrons. The predicted molar refractivity (Wildman–Crippen MR) is 149 cm³/mol. The van der Waals surface area contributed by atoms with E-state index in [1.165, 1.54) is 23.9 Å². The number of carboxylic acid groups (broad SMARTS) is 1. The number of fused-ring (bicyclic) bond motifs is 1. The van der Waals surface area contributed by atoms with E-state index in [0.29, 0.717) is 5.75 Å². The molecular formula is C27H33N5O6S. The number of phenolic OH excluding ortho intramolecular Hbond substituents is 1. The van der Waals surface area contributed by atoms with E-state index in [9.17, 15) is 24.3 Å². The first-order valence-electron chi connectivity index (χ1n) is 12.4. The summed E-state index contributed by atoms with van der Waals surface area (Å²) in [5.41, 5.74) is 8.54. The molecule has 39 heavy (non-hydrogen) atoms. The van der Waals surface area contributed by atoms with Crippen LogP contribution in [-0.2, 0) is 32.0 Å². The van der Waals surface area contributed by atoms with Crippen LogP contribution in [0.5, 0.6) is 5.75 Å². The molecule has 1 aromatic heterocycles. The molecule has 12 heteroatoms. The molecule has 0 saturated carbocycles. The fourth-order valence-corrected chi connectivity index (χ4v) is 4.52. The number of thioether (sulfide) groups is 1. The van der Waals surface area contributed by atoms with Crippen LogP contribution >= 0.6 is 11.8 Å². The lowest BCUT2D eigenvalue weighted by molar-refractivity contribution is -0.138. The summed E-state index contributed by atoms with van der Waals surface area (Å²) >= 11 is 1.48. The minimum atomic E-state index is -1.20. The molecule has 0 aliphatic rings. The fourth-order valence-electron chi connectivity index (χ4n) is 4.05. The number of nitrogens with two attached hydrogens (primary N) is 1. The molecule has 3 aromatic rings. The van der Waals surface area contributed by atoms with Crippen molar-refractivity contribution < 1.29 is 29.4 Å². The number of aliphatic carboxylic acids is 1. The molecule has 0 spiro atoms. The van der Waals surface area contributed by atoms with Gasteiger partial charge in [0.05, 0.1) is 6.04 Å². The molecule has 0 radical (unpaired) electrons. The van der Waals surface area contributed by atoms with E-state index < -0.39 is 48.4 Å². The van der Waals surface area contributed by atoms with Crippen LogP contribution in [0.3, 0.4) is 0 Å². The number of nitrogens with one attached hydrogen (secondary N) is 4. The van der Waals surface area contributed by atoms with Gasteiger partial charge in [-0.3, -0.25) is 19.2 Å². The van der Waals surface area contributed by atoms with E-state index in [-0.39, 0.29) is 25.0 Å². The maximum Gasteiger partial charge on any atom is 0.322 e. The Balaban J connectivity index is 1.79. The number of carboxylic acids is 1. The number of para-hydroxylation sites is 1. The Bertz CT molecular complexity index is 1300. The maximum absolute atomic E-state index is 13.5. The van der Waals surface area contributed by atoms with E-state index in [4.69, 9.17) is 10.8 Å². The van der Waals surface area contributed by atoms with Gasteiger partial charge in [-0.2, -0.15) is 11.8 Å². The van der Waals surface area contributed by atoms with E-state index in [1.54, 1.807) is 18.3 Å². The SMILES string of the molecule is CSCCC(NC(=O)C(Cc1c[nH]c2ccccc12)NC(=O)C(N)Cc1ccc(O)cc1)C(=O)NCC(=O)O. The number of amides is 3. The number of hydrogen-bond donors (Lipinski definition) is 7. The van der Waals surface area contributed by atoms with Gasteiger partial charge < -0.3 is 36.9 Å². The Kier molecular flexibility index (Phi) is 10.8. The summed E-state index contributed by atoms with van der Waals surface area (Å²) in [5.74, 6) is -2.34. The van der Waals surface area contributed by atoms with Crippen molar-refractivity contribution in [2.45, 2.75) is 37.4 Å². The molecule has 3 amide bonds. The third kappa shape index (κ3) is 8.76. The highest BCUT2D eigenvalue weighted by Gasteiger charge is 2.29. The number of carbonyl (C=O) groups is 4. The van der Waals surface area contributed by atoms with E-state index >= 15 is 0 Å². The van der Waals surface area contributed by atoms with Crippen molar-refractivity contribution in [1.29, 1.82) is 0 Å². The summed E-state index contributed by atoms with van der Waals surface area (Å²) in [4.78, 5) is 53.2. The summed E-state index contributed by atoms with van der Waals surface area (Å²) in [6.07, 6.45) is 4.19. The van der Waals surface area contributed by atoms with Crippen molar-refractivity contribution in [2.24, 2.45) is 5.73 Å². The van der Waals surface area contributed by atoms with Crippen molar-refractivity contribution in [3.8, 4) is 5.75 Å². The third-order valence-corrected chi connectivity index (χ3v) is 6.76. The molecule has 1 heterocycles. The van der Waals surface area contributed by atoms with Crippen LogP contribution < -0.4 is 21.7 Å². The zero-order valence-electron chi connectivity index (χ0n) is 21.5. The van der Waals surface area contributed by atoms with Gasteiger partial charge in [-0.25, -0.2) is 0 Å². The number of aromatic nitrogens is 1. The largest absolute Gasteiger partial charge is 0.508 e.